The standard InChI is InChI=1S/C55H43N3O/c1-53(2)42-21-11-8-18-38(42)43-31-30-37(32-55(43,53)4)41-33-54(3)44-22-12-15-25-47(44)59-51(54)50-48(41)40-20-10-14-24-46(40)58(50)52-56-45-23-13-9-19-39(45)49(57-52)36-28-26-35(27-29-36)34-16-6-5-7-17-34/h5-33,43,51H,1-4H3. The van der Waals surface area contributed by atoms with E-state index in [0.29, 0.717) is 11.9 Å². The third-order valence-electron chi connectivity index (χ3n) is 14.4. The molecule has 12 rings (SSSR count). The highest BCUT2D eigenvalue weighted by Gasteiger charge is 2.55. The summed E-state index contributed by atoms with van der Waals surface area (Å²) in [6.45, 7) is 9.66. The monoisotopic (exact) mass is 761 g/mol. The van der Waals surface area contributed by atoms with E-state index in [0.717, 1.165) is 44.5 Å². The molecule has 3 heterocycles. The van der Waals surface area contributed by atoms with E-state index in [1.54, 1.807) is 0 Å². The van der Waals surface area contributed by atoms with Crippen molar-refractivity contribution in [2.75, 3.05) is 0 Å². The second-order valence-electron chi connectivity index (χ2n) is 17.7. The average molecular weight is 762 g/mol. The zero-order chi connectivity index (χ0) is 39.7. The van der Waals surface area contributed by atoms with Crippen LogP contribution in [0, 0.1) is 5.41 Å². The lowest BCUT2D eigenvalue weighted by Gasteiger charge is -2.43. The molecular formula is C55H43N3O. The van der Waals surface area contributed by atoms with E-state index in [2.05, 4.69) is 208 Å². The van der Waals surface area contributed by atoms with Crippen molar-refractivity contribution in [3.05, 3.63) is 209 Å². The second kappa shape index (κ2) is 12.1. The first-order chi connectivity index (χ1) is 28.7. The summed E-state index contributed by atoms with van der Waals surface area (Å²) in [7, 11) is 0. The molecule has 8 aromatic rings. The minimum Gasteiger partial charge on any atom is -0.483 e. The lowest BCUT2D eigenvalue weighted by Crippen LogP contribution is -2.37. The number of fused-ring (bicyclic) bond motifs is 11. The fraction of sp³-hybridized carbons (Fsp3) is 0.164. The van der Waals surface area contributed by atoms with Crippen LogP contribution < -0.4 is 4.74 Å². The molecule has 0 fully saturated rings. The summed E-state index contributed by atoms with van der Waals surface area (Å²) in [5.74, 6) is 1.86. The second-order valence-corrected chi connectivity index (χ2v) is 17.7. The smallest absolute Gasteiger partial charge is 0.235 e. The number of hydrogen-bond acceptors (Lipinski definition) is 3. The first-order valence-electron chi connectivity index (χ1n) is 20.8. The maximum atomic E-state index is 7.13. The summed E-state index contributed by atoms with van der Waals surface area (Å²) < 4.78 is 9.44. The van der Waals surface area contributed by atoms with Crippen molar-refractivity contribution in [1.82, 2.24) is 14.5 Å². The Morgan fingerprint density at radius 1 is 0.593 bits per heavy atom. The van der Waals surface area contributed by atoms with Crippen molar-refractivity contribution >= 4 is 27.4 Å². The quantitative estimate of drug-likeness (QED) is 0.179. The van der Waals surface area contributed by atoms with E-state index in [9.17, 15) is 0 Å². The molecule has 0 saturated heterocycles. The topological polar surface area (TPSA) is 39.9 Å². The molecule has 6 aromatic carbocycles. The fourth-order valence-corrected chi connectivity index (χ4v) is 11.0. The first-order valence-corrected chi connectivity index (χ1v) is 20.8. The molecule has 0 spiro atoms. The van der Waals surface area contributed by atoms with Gasteiger partial charge >= 0.3 is 0 Å². The highest BCUT2D eigenvalue weighted by atomic mass is 16.5. The number of ether oxygens (including phenoxy) is 1. The van der Waals surface area contributed by atoms with Gasteiger partial charge in [0.1, 0.15) is 5.75 Å². The summed E-state index contributed by atoms with van der Waals surface area (Å²) in [4.78, 5) is 10.9. The highest BCUT2D eigenvalue weighted by molar-refractivity contribution is 6.03. The Labute approximate surface area is 344 Å². The van der Waals surface area contributed by atoms with Crippen LogP contribution in [0.15, 0.2) is 182 Å². The van der Waals surface area contributed by atoms with E-state index < -0.39 is 5.41 Å². The molecule has 0 bridgehead atoms. The Hall–Kier alpha value is -6.78. The molecule has 4 nitrogen and oxygen atoms in total. The zero-order valence-electron chi connectivity index (χ0n) is 33.6. The van der Waals surface area contributed by atoms with Gasteiger partial charge in [0.15, 0.2) is 6.10 Å². The number of allylic oxidation sites excluding steroid dienone is 5. The lowest BCUT2D eigenvalue weighted by atomic mass is 9.60. The number of rotatable bonds is 4. The predicted octanol–water partition coefficient (Wildman–Crippen LogP) is 13.3. The van der Waals surface area contributed by atoms with Crippen LogP contribution in [0.1, 0.15) is 67.7 Å². The Morgan fingerprint density at radius 2 is 1.25 bits per heavy atom. The SMILES string of the molecule is CC12C=C(C3=CC4(C)C(C=C3)c3ccccc3C4(C)C)c3c(n(-c4nc(-c5ccc(-c6ccccc6)cc5)c5ccccc5n4)c4ccccc34)C1Oc1ccccc12. The van der Waals surface area contributed by atoms with Crippen LogP contribution in [0.5, 0.6) is 5.75 Å². The van der Waals surface area contributed by atoms with Gasteiger partial charge in [0, 0.05) is 38.8 Å². The van der Waals surface area contributed by atoms with Gasteiger partial charge in [-0.1, -0.05) is 179 Å². The van der Waals surface area contributed by atoms with Gasteiger partial charge in [-0.05, 0) is 63.9 Å². The molecule has 4 unspecified atom stereocenters. The normalized spacial score (nSPS) is 23.1. The largest absolute Gasteiger partial charge is 0.483 e. The van der Waals surface area contributed by atoms with E-state index in [1.165, 1.54) is 44.5 Å². The molecule has 0 amide bonds. The van der Waals surface area contributed by atoms with Gasteiger partial charge < -0.3 is 4.74 Å². The van der Waals surface area contributed by atoms with Gasteiger partial charge in [0.2, 0.25) is 5.95 Å². The highest BCUT2D eigenvalue weighted by Crippen LogP contribution is 2.64. The maximum absolute atomic E-state index is 7.13. The van der Waals surface area contributed by atoms with E-state index in [-0.39, 0.29) is 16.9 Å². The van der Waals surface area contributed by atoms with Crippen LogP contribution in [-0.2, 0) is 10.8 Å². The van der Waals surface area contributed by atoms with Crippen molar-refractivity contribution in [2.24, 2.45) is 5.41 Å². The molecule has 1 aliphatic heterocycles. The summed E-state index contributed by atoms with van der Waals surface area (Å²) in [6.07, 6.45) is 9.66. The van der Waals surface area contributed by atoms with Gasteiger partial charge in [-0.2, -0.15) is 0 Å². The van der Waals surface area contributed by atoms with Crippen LogP contribution >= 0.6 is 0 Å². The minimum atomic E-state index is -0.460. The molecular weight excluding hydrogens is 719 g/mol. The summed E-state index contributed by atoms with van der Waals surface area (Å²) in [6, 6.07) is 54.1. The third kappa shape index (κ3) is 4.66. The van der Waals surface area contributed by atoms with Crippen molar-refractivity contribution in [3.8, 4) is 34.1 Å². The number of benzene rings is 6. The van der Waals surface area contributed by atoms with Gasteiger partial charge in [-0.15, -0.1) is 0 Å². The summed E-state index contributed by atoms with van der Waals surface area (Å²) in [5.41, 5.74) is 14.4. The van der Waals surface area contributed by atoms with Gasteiger partial charge in [-0.25, -0.2) is 9.97 Å². The number of hydrogen-bond donors (Lipinski definition) is 0. The first kappa shape index (κ1) is 34.3. The third-order valence-corrected chi connectivity index (χ3v) is 14.4. The van der Waals surface area contributed by atoms with Crippen molar-refractivity contribution < 1.29 is 4.74 Å². The van der Waals surface area contributed by atoms with Crippen LogP contribution in [-0.4, -0.2) is 14.5 Å². The number of aromatic nitrogens is 3. The van der Waals surface area contributed by atoms with Crippen LogP contribution in [0.3, 0.4) is 0 Å². The van der Waals surface area contributed by atoms with Gasteiger partial charge in [0.25, 0.3) is 0 Å². The molecule has 0 N–H and O–H groups in total. The lowest BCUT2D eigenvalue weighted by molar-refractivity contribution is 0.174. The Morgan fingerprint density at radius 3 is 2.08 bits per heavy atom. The van der Waals surface area contributed by atoms with E-state index in [4.69, 9.17) is 14.7 Å². The molecule has 0 saturated carbocycles. The zero-order valence-corrected chi connectivity index (χ0v) is 33.6. The van der Waals surface area contributed by atoms with Crippen molar-refractivity contribution in [1.29, 1.82) is 0 Å². The van der Waals surface area contributed by atoms with E-state index in [1.807, 2.05) is 0 Å². The molecule has 0 radical (unpaired) electrons. The van der Waals surface area contributed by atoms with Crippen molar-refractivity contribution in [3.63, 3.8) is 0 Å². The Balaban J connectivity index is 1.11. The molecule has 4 aliphatic rings. The number of nitrogens with zero attached hydrogens (tertiary/aromatic N) is 3. The predicted molar refractivity (Wildman–Crippen MR) is 240 cm³/mol. The minimum absolute atomic E-state index is 0.0690. The Bertz CT molecular complexity index is 3150. The molecule has 3 aliphatic carbocycles. The molecule has 2 aromatic heterocycles. The average Bonchev–Trinajstić information content (AvgIpc) is 3.84. The van der Waals surface area contributed by atoms with Crippen LogP contribution in [0.25, 0.3) is 55.7 Å². The van der Waals surface area contributed by atoms with Crippen LogP contribution in [0.4, 0.5) is 0 Å². The Kier molecular flexibility index (Phi) is 7.04. The molecule has 284 valence electrons. The maximum Gasteiger partial charge on any atom is 0.235 e. The summed E-state index contributed by atoms with van der Waals surface area (Å²) in [5, 5.41) is 2.18. The number of para-hydroxylation sites is 3. The van der Waals surface area contributed by atoms with Crippen LogP contribution in [0.2, 0.25) is 0 Å². The molecule has 4 atom stereocenters. The molecule has 59 heavy (non-hydrogen) atoms. The van der Waals surface area contributed by atoms with Gasteiger partial charge in [-0.3, -0.25) is 4.57 Å². The van der Waals surface area contributed by atoms with Gasteiger partial charge in [0.05, 0.1) is 27.8 Å². The van der Waals surface area contributed by atoms with Crippen molar-refractivity contribution in [2.45, 2.75) is 50.5 Å². The van der Waals surface area contributed by atoms with E-state index >= 15 is 0 Å². The fourth-order valence-electron chi connectivity index (χ4n) is 11.0. The molecule has 4 heteroatoms. The summed E-state index contributed by atoms with van der Waals surface area (Å²) >= 11 is 0.